The van der Waals surface area contributed by atoms with E-state index in [4.69, 9.17) is 20.4 Å². The van der Waals surface area contributed by atoms with Gasteiger partial charge in [-0.1, -0.05) is 30.3 Å². The first kappa shape index (κ1) is 20.1. The lowest BCUT2D eigenvalue weighted by Crippen LogP contribution is -2.24. The van der Waals surface area contributed by atoms with Gasteiger partial charge in [0.25, 0.3) is 0 Å². The molecule has 0 amide bonds. The summed E-state index contributed by atoms with van der Waals surface area (Å²) in [6.45, 7) is 6.05. The minimum Gasteiger partial charge on any atom is -0.456 e. The molecule has 2 aromatic carbocycles. The van der Waals surface area contributed by atoms with E-state index in [2.05, 4.69) is 17.1 Å². The van der Waals surface area contributed by atoms with Crippen LogP contribution in [0.5, 0.6) is 0 Å². The maximum Gasteiger partial charge on any atom is 0.344 e. The summed E-state index contributed by atoms with van der Waals surface area (Å²) >= 11 is 0. The second-order valence-electron chi connectivity index (χ2n) is 8.91. The van der Waals surface area contributed by atoms with Crippen LogP contribution in [-0.2, 0) is 17.7 Å². The number of anilines is 1. The van der Waals surface area contributed by atoms with E-state index in [0.717, 1.165) is 17.5 Å². The van der Waals surface area contributed by atoms with Crippen molar-refractivity contribution >= 4 is 44.9 Å². The number of nitrogen functional groups attached to an aromatic ring is 1. The van der Waals surface area contributed by atoms with E-state index in [1.807, 2.05) is 67.9 Å². The van der Waals surface area contributed by atoms with E-state index in [1.165, 1.54) is 10.9 Å². The number of aromatic amines is 1. The standard InChI is InChI=1S/C25H25N5O2/c1-25(2,3)32-24(31)20-21-23(29-19-11-7-6-10-18(19)28-21)30(22(20)26)13-12-15-14-27-17-9-5-4-8-16(15)17/h4-11,14,27H,12-13,26H2,1-3H3. The van der Waals surface area contributed by atoms with Gasteiger partial charge in [-0.2, -0.15) is 0 Å². The molecule has 3 aromatic heterocycles. The van der Waals surface area contributed by atoms with Crippen molar-refractivity contribution in [2.45, 2.75) is 39.3 Å². The number of aromatic nitrogens is 4. The largest absolute Gasteiger partial charge is 0.456 e. The van der Waals surface area contributed by atoms with E-state index in [9.17, 15) is 4.79 Å². The van der Waals surface area contributed by atoms with Crippen LogP contribution in [0.3, 0.4) is 0 Å². The molecule has 32 heavy (non-hydrogen) atoms. The molecule has 3 N–H and O–H groups in total. The zero-order valence-corrected chi connectivity index (χ0v) is 18.3. The summed E-state index contributed by atoms with van der Waals surface area (Å²) in [5.41, 5.74) is 10.9. The number of esters is 1. The van der Waals surface area contributed by atoms with Crippen LogP contribution >= 0.6 is 0 Å². The number of rotatable bonds is 4. The van der Waals surface area contributed by atoms with Crippen LogP contribution in [0.15, 0.2) is 54.7 Å². The van der Waals surface area contributed by atoms with Gasteiger partial charge in [0, 0.05) is 23.6 Å². The molecule has 7 nitrogen and oxygen atoms in total. The molecule has 0 bridgehead atoms. The van der Waals surface area contributed by atoms with E-state index < -0.39 is 11.6 Å². The maximum absolute atomic E-state index is 13.1. The van der Waals surface area contributed by atoms with E-state index in [1.54, 1.807) is 0 Å². The molecular formula is C25H25N5O2. The number of fused-ring (bicyclic) bond motifs is 3. The smallest absolute Gasteiger partial charge is 0.344 e. The number of hydrogen-bond acceptors (Lipinski definition) is 5. The van der Waals surface area contributed by atoms with Crippen LogP contribution in [-0.4, -0.2) is 31.1 Å². The lowest BCUT2D eigenvalue weighted by atomic mass is 10.1. The Morgan fingerprint density at radius 3 is 2.50 bits per heavy atom. The number of nitrogens with zero attached hydrogens (tertiary/aromatic N) is 3. The molecule has 0 unspecified atom stereocenters. The normalized spacial score (nSPS) is 12.1. The van der Waals surface area contributed by atoms with Crippen LogP contribution in [0.1, 0.15) is 36.7 Å². The molecule has 0 atom stereocenters. The average molecular weight is 428 g/mol. The second-order valence-corrected chi connectivity index (χ2v) is 8.91. The number of ether oxygens (including phenoxy) is 1. The van der Waals surface area contributed by atoms with Crippen LogP contribution in [0.4, 0.5) is 5.82 Å². The van der Waals surface area contributed by atoms with Crippen molar-refractivity contribution in [1.29, 1.82) is 0 Å². The topological polar surface area (TPSA) is 98.8 Å². The van der Waals surface area contributed by atoms with Crippen LogP contribution in [0.2, 0.25) is 0 Å². The second kappa shape index (κ2) is 7.37. The Labute approximate surface area is 185 Å². The van der Waals surface area contributed by atoms with Crippen molar-refractivity contribution in [3.05, 3.63) is 65.9 Å². The predicted molar refractivity (Wildman–Crippen MR) is 127 cm³/mol. The molecule has 0 aliphatic heterocycles. The molecule has 0 aliphatic carbocycles. The average Bonchev–Trinajstić information content (AvgIpc) is 3.27. The minimum atomic E-state index is -0.647. The first-order valence-electron chi connectivity index (χ1n) is 10.6. The Hall–Kier alpha value is -3.87. The first-order valence-corrected chi connectivity index (χ1v) is 10.6. The van der Waals surface area contributed by atoms with E-state index in [0.29, 0.717) is 29.0 Å². The third-order valence-electron chi connectivity index (χ3n) is 5.47. The van der Waals surface area contributed by atoms with Gasteiger partial charge in [0.1, 0.15) is 22.5 Å². The summed E-state index contributed by atoms with van der Waals surface area (Å²) in [5.74, 6) is -0.167. The Morgan fingerprint density at radius 2 is 1.75 bits per heavy atom. The number of aryl methyl sites for hydroxylation is 2. The van der Waals surface area contributed by atoms with E-state index >= 15 is 0 Å². The Morgan fingerprint density at radius 1 is 1.06 bits per heavy atom. The van der Waals surface area contributed by atoms with Crippen LogP contribution in [0, 0.1) is 0 Å². The highest BCUT2D eigenvalue weighted by Gasteiger charge is 2.28. The fourth-order valence-corrected chi connectivity index (χ4v) is 4.04. The highest BCUT2D eigenvalue weighted by Crippen LogP contribution is 2.30. The highest BCUT2D eigenvalue weighted by molar-refractivity contribution is 6.08. The number of carbonyl (C=O) groups excluding carboxylic acids is 1. The lowest BCUT2D eigenvalue weighted by Gasteiger charge is -2.19. The van der Waals surface area contributed by atoms with Gasteiger partial charge in [0.15, 0.2) is 5.65 Å². The van der Waals surface area contributed by atoms with E-state index in [-0.39, 0.29) is 5.56 Å². The number of hydrogen-bond donors (Lipinski definition) is 2. The zero-order chi connectivity index (χ0) is 22.5. The van der Waals surface area contributed by atoms with Gasteiger partial charge in [0.05, 0.1) is 11.0 Å². The summed E-state index contributed by atoms with van der Waals surface area (Å²) in [4.78, 5) is 25.9. The minimum absolute atomic E-state index is 0.270. The number of benzene rings is 2. The van der Waals surface area contributed by atoms with Crippen molar-refractivity contribution in [1.82, 2.24) is 19.5 Å². The molecule has 7 heteroatoms. The van der Waals surface area contributed by atoms with Crippen LogP contribution < -0.4 is 5.73 Å². The van der Waals surface area contributed by atoms with Gasteiger partial charge in [-0.25, -0.2) is 14.8 Å². The summed E-state index contributed by atoms with van der Waals surface area (Å²) in [6, 6.07) is 15.8. The summed E-state index contributed by atoms with van der Waals surface area (Å²) in [5, 5.41) is 1.17. The molecule has 0 spiro atoms. The molecule has 0 saturated heterocycles. The molecule has 0 radical (unpaired) electrons. The SMILES string of the molecule is CC(C)(C)OC(=O)c1c(N)n(CCc2c[nH]c3ccccc23)c2nc3ccccc3nc12. The molecular weight excluding hydrogens is 402 g/mol. The highest BCUT2D eigenvalue weighted by atomic mass is 16.6. The Kier molecular flexibility index (Phi) is 4.62. The number of para-hydroxylation sites is 3. The molecule has 5 rings (SSSR count). The van der Waals surface area contributed by atoms with Crippen molar-refractivity contribution < 1.29 is 9.53 Å². The summed E-state index contributed by atoms with van der Waals surface area (Å²) in [6.07, 6.45) is 2.74. The van der Waals surface area contributed by atoms with Gasteiger partial charge in [0.2, 0.25) is 0 Å². The number of H-pyrrole nitrogens is 1. The first-order chi connectivity index (χ1) is 15.3. The van der Waals surface area contributed by atoms with Crippen molar-refractivity contribution in [3.63, 3.8) is 0 Å². The third-order valence-corrected chi connectivity index (χ3v) is 5.47. The maximum atomic E-state index is 13.1. The fraction of sp³-hybridized carbons (Fsp3) is 0.240. The van der Waals surface area contributed by atoms with Gasteiger partial charge in [-0.05, 0) is 51.0 Å². The van der Waals surface area contributed by atoms with Gasteiger partial charge in [-0.15, -0.1) is 0 Å². The van der Waals surface area contributed by atoms with Gasteiger partial charge >= 0.3 is 5.97 Å². The van der Waals surface area contributed by atoms with Crippen LogP contribution in [0.25, 0.3) is 33.1 Å². The Bertz CT molecular complexity index is 1470. The van der Waals surface area contributed by atoms with Crippen molar-refractivity contribution in [3.8, 4) is 0 Å². The molecule has 162 valence electrons. The number of carbonyl (C=O) groups is 1. The fourth-order valence-electron chi connectivity index (χ4n) is 4.04. The summed E-state index contributed by atoms with van der Waals surface area (Å²) in [7, 11) is 0. The number of nitrogens with two attached hydrogens (primary N) is 1. The molecule has 3 heterocycles. The third kappa shape index (κ3) is 3.45. The quantitative estimate of drug-likeness (QED) is 0.400. The monoisotopic (exact) mass is 427 g/mol. The van der Waals surface area contributed by atoms with Crippen molar-refractivity contribution in [2.75, 3.05) is 5.73 Å². The molecule has 0 fully saturated rings. The Balaban J connectivity index is 1.63. The predicted octanol–water partition coefficient (Wildman–Crippen LogP) is 4.85. The molecule has 0 aliphatic rings. The lowest BCUT2D eigenvalue weighted by molar-refractivity contribution is 0.00727. The van der Waals surface area contributed by atoms with Crippen molar-refractivity contribution in [2.24, 2.45) is 0 Å². The number of nitrogens with one attached hydrogen (secondary N) is 1. The molecule has 5 aromatic rings. The summed E-state index contributed by atoms with van der Waals surface area (Å²) < 4.78 is 7.51. The van der Waals surface area contributed by atoms with Gasteiger partial charge in [-0.3, -0.25) is 0 Å². The van der Waals surface area contributed by atoms with Gasteiger partial charge < -0.3 is 20.0 Å². The molecule has 0 saturated carbocycles. The zero-order valence-electron chi connectivity index (χ0n) is 18.3.